The van der Waals surface area contributed by atoms with Crippen LogP contribution in [-0.4, -0.2) is 35.2 Å². The van der Waals surface area contributed by atoms with Crippen LogP contribution in [0.25, 0.3) is 0 Å². The van der Waals surface area contributed by atoms with Crippen LogP contribution < -0.4 is 0 Å². The molecule has 106 valence electrons. The van der Waals surface area contributed by atoms with Crippen LogP contribution in [0.5, 0.6) is 0 Å². The molecular formula is C15H21Cl2NO. The maximum atomic E-state index is 10.7. The number of hydrogen-bond acceptors (Lipinski definition) is 2. The molecule has 1 aliphatic rings. The van der Waals surface area contributed by atoms with Crippen molar-refractivity contribution in [2.24, 2.45) is 0 Å². The summed E-state index contributed by atoms with van der Waals surface area (Å²) in [6.07, 6.45) is 3.28. The molecule has 0 atom stereocenters. The minimum absolute atomic E-state index is 0.547. The van der Waals surface area contributed by atoms with Gasteiger partial charge in [-0.15, -0.1) is 0 Å². The van der Waals surface area contributed by atoms with E-state index in [-0.39, 0.29) is 0 Å². The standard InChI is InChI=1S/C15H21Cl2NO/c1-2-8-18-9-6-15(19,7-10-18)11-12-13(16)4-3-5-14(12)17/h3-5,19H,2,6-11H2,1H3. The third-order valence-electron chi connectivity index (χ3n) is 3.89. The number of likely N-dealkylation sites (tertiary alicyclic amines) is 1. The average molecular weight is 302 g/mol. The van der Waals surface area contributed by atoms with Gasteiger partial charge in [-0.1, -0.05) is 36.2 Å². The first-order chi connectivity index (χ1) is 9.04. The van der Waals surface area contributed by atoms with Crippen LogP contribution in [0.15, 0.2) is 18.2 Å². The third kappa shape index (κ3) is 3.85. The Morgan fingerprint density at radius 3 is 2.32 bits per heavy atom. The summed E-state index contributed by atoms with van der Waals surface area (Å²) in [6, 6.07) is 5.50. The minimum atomic E-state index is -0.668. The molecule has 0 aliphatic carbocycles. The normalized spacial score (nSPS) is 19.6. The fourth-order valence-electron chi connectivity index (χ4n) is 2.72. The molecule has 1 fully saturated rings. The van der Waals surface area contributed by atoms with E-state index in [1.54, 1.807) is 0 Å². The van der Waals surface area contributed by atoms with E-state index >= 15 is 0 Å². The average Bonchev–Trinajstić information content (AvgIpc) is 2.38. The van der Waals surface area contributed by atoms with Crippen molar-refractivity contribution in [1.82, 2.24) is 4.90 Å². The fourth-order valence-corrected chi connectivity index (χ4v) is 3.25. The van der Waals surface area contributed by atoms with E-state index in [1.165, 1.54) is 0 Å². The molecule has 1 aromatic rings. The van der Waals surface area contributed by atoms with Gasteiger partial charge in [0.1, 0.15) is 0 Å². The molecular weight excluding hydrogens is 281 g/mol. The molecule has 1 saturated heterocycles. The fraction of sp³-hybridized carbons (Fsp3) is 0.600. The molecule has 1 aromatic carbocycles. The predicted octanol–water partition coefficient (Wildman–Crippen LogP) is 3.77. The molecule has 0 amide bonds. The lowest BCUT2D eigenvalue weighted by Crippen LogP contribution is -2.45. The lowest BCUT2D eigenvalue weighted by Gasteiger charge is -2.38. The summed E-state index contributed by atoms with van der Waals surface area (Å²) in [4.78, 5) is 2.41. The molecule has 0 spiro atoms. The predicted molar refractivity (Wildman–Crippen MR) is 81.1 cm³/mol. The van der Waals surface area contributed by atoms with E-state index in [1.807, 2.05) is 18.2 Å². The van der Waals surface area contributed by atoms with Crippen LogP contribution >= 0.6 is 23.2 Å². The molecule has 0 unspecified atom stereocenters. The van der Waals surface area contributed by atoms with Gasteiger partial charge < -0.3 is 10.0 Å². The molecule has 1 heterocycles. The van der Waals surface area contributed by atoms with E-state index in [9.17, 15) is 5.11 Å². The van der Waals surface area contributed by atoms with Gasteiger partial charge in [-0.3, -0.25) is 0 Å². The highest BCUT2D eigenvalue weighted by Gasteiger charge is 2.33. The summed E-state index contributed by atoms with van der Waals surface area (Å²) in [6.45, 7) is 5.20. The molecule has 1 N–H and O–H groups in total. The second kappa shape index (κ2) is 6.45. The Kier molecular flexibility index (Phi) is 5.13. The Morgan fingerprint density at radius 2 is 1.79 bits per heavy atom. The molecule has 0 aromatic heterocycles. The third-order valence-corrected chi connectivity index (χ3v) is 4.60. The topological polar surface area (TPSA) is 23.5 Å². The number of rotatable bonds is 4. The van der Waals surface area contributed by atoms with Crippen LogP contribution in [0.4, 0.5) is 0 Å². The lowest BCUT2D eigenvalue weighted by molar-refractivity contribution is -0.0204. The summed E-state index contributed by atoms with van der Waals surface area (Å²) in [5.74, 6) is 0. The zero-order valence-electron chi connectivity index (χ0n) is 11.3. The molecule has 0 saturated carbocycles. The number of hydrogen-bond donors (Lipinski definition) is 1. The van der Waals surface area contributed by atoms with Crippen LogP contribution in [-0.2, 0) is 6.42 Å². The first-order valence-electron chi connectivity index (χ1n) is 6.92. The van der Waals surface area contributed by atoms with E-state index in [0.717, 1.165) is 44.5 Å². The van der Waals surface area contributed by atoms with Gasteiger partial charge in [0.2, 0.25) is 0 Å². The van der Waals surface area contributed by atoms with E-state index in [2.05, 4.69) is 11.8 Å². The molecule has 4 heteroatoms. The molecule has 0 bridgehead atoms. The van der Waals surface area contributed by atoms with Crippen molar-refractivity contribution in [1.29, 1.82) is 0 Å². The van der Waals surface area contributed by atoms with Gasteiger partial charge in [0.25, 0.3) is 0 Å². The monoisotopic (exact) mass is 301 g/mol. The van der Waals surface area contributed by atoms with E-state index in [0.29, 0.717) is 16.5 Å². The van der Waals surface area contributed by atoms with Crippen molar-refractivity contribution >= 4 is 23.2 Å². The van der Waals surface area contributed by atoms with Gasteiger partial charge in [0.05, 0.1) is 5.60 Å². The first kappa shape index (κ1) is 15.1. The molecule has 2 nitrogen and oxygen atoms in total. The largest absolute Gasteiger partial charge is 0.389 e. The number of nitrogens with zero attached hydrogens (tertiary/aromatic N) is 1. The van der Waals surface area contributed by atoms with Crippen LogP contribution in [0, 0.1) is 0 Å². The Hall–Kier alpha value is -0.280. The zero-order valence-corrected chi connectivity index (χ0v) is 12.8. The molecule has 19 heavy (non-hydrogen) atoms. The van der Waals surface area contributed by atoms with Crippen molar-refractivity contribution in [3.05, 3.63) is 33.8 Å². The number of piperidine rings is 1. The number of aliphatic hydroxyl groups is 1. The first-order valence-corrected chi connectivity index (χ1v) is 7.67. The second-order valence-electron chi connectivity index (χ2n) is 5.44. The summed E-state index contributed by atoms with van der Waals surface area (Å²) in [5, 5.41) is 12.0. The van der Waals surface area contributed by atoms with Crippen molar-refractivity contribution in [3.8, 4) is 0 Å². The Bertz CT molecular complexity index is 408. The maximum absolute atomic E-state index is 10.7. The highest BCUT2D eigenvalue weighted by Crippen LogP contribution is 2.32. The van der Waals surface area contributed by atoms with Crippen molar-refractivity contribution in [2.75, 3.05) is 19.6 Å². The highest BCUT2D eigenvalue weighted by atomic mass is 35.5. The van der Waals surface area contributed by atoms with E-state index in [4.69, 9.17) is 23.2 Å². The smallest absolute Gasteiger partial charge is 0.0713 e. The SMILES string of the molecule is CCCN1CCC(O)(Cc2c(Cl)cccc2Cl)CC1. The Morgan fingerprint density at radius 1 is 1.21 bits per heavy atom. The van der Waals surface area contributed by atoms with E-state index < -0.39 is 5.60 Å². The van der Waals surface area contributed by atoms with Gasteiger partial charge in [-0.2, -0.15) is 0 Å². The Balaban J connectivity index is 2.03. The summed E-state index contributed by atoms with van der Waals surface area (Å²) >= 11 is 12.4. The number of benzene rings is 1. The summed E-state index contributed by atoms with van der Waals surface area (Å²) in [5.41, 5.74) is 0.205. The highest BCUT2D eigenvalue weighted by molar-refractivity contribution is 6.36. The van der Waals surface area contributed by atoms with Gasteiger partial charge in [0.15, 0.2) is 0 Å². The zero-order chi connectivity index (χ0) is 13.9. The van der Waals surface area contributed by atoms with Crippen molar-refractivity contribution in [2.45, 2.75) is 38.2 Å². The molecule has 2 rings (SSSR count). The minimum Gasteiger partial charge on any atom is -0.389 e. The molecule has 1 aliphatic heterocycles. The Labute approximate surface area is 125 Å². The second-order valence-corrected chi connectivity index (χ2v) is 6.26. The van der Waals surface area contributed by atoms with Crippen molar-refractivity contribution in [3.63, 3.8) is 0 Å². The van der Waals surface area contributed by atoms with Gasteiger partial charge in [-0.25, -0.2) is 0 Å². The lowest BCUT2D eigenvalue weighted by atomic mass is 9.85. The van der Waals surface area contributed by atoms with Crippen LogP contribution in [0.1, 0.15) is 31.7 Å². The number of halogens is 2. The summed E-state index contributed by atoms with van der Waals surface area (Å²) in [7, 11) is 0. The summed E-state index contributed by atoms with van der Waals surface area (Å²) < 4.78 is 0. The quantitative estimate of drug-likeness (QED) is 0.915. The van der Waals surface area contributed by atoms with Crippen LogP contribution in [0.2, 0.25) is 10.0 Å². The maximum Gasteiger partial charge on any atom is 0.0713 e. The molecule has 0 radical (unpaired) electrons. The van der Waals surface area contributed by atoms with Crippen LogP contribution in [0.3, 0.4) is 0 Å². The van der Waals surface area contributed by atoms with Crippen molar-refractivity contribution < 1.29 is 5.11 Å². The van der Waals surface area contributed by atoms with Gasteiger partial charge in [-0.05, 0) is 43.5 Å². The van der Waals surface area contributed by atoms with Gasteiger partial charge in [0, 0.05) is 29.6 Å². The van der Waals surface area contributed by atoms with Gasteiger partial charge >= 0.3 is 0 Å².